The van der Waals surface area contributed by atoms with Crippen molar-refractivity contribution in [3.8, 4) is 11.5 Å². The van der Waals surface area contributed by atoms with E-state index in [1.165, 1.54) is 12.8 Å². The average molecular weight is 470 g/mol. The highest BCUT2D eigenvalue weighted by atomic mass is 79.9. The molecule has 0 amide bonds. The molecule has 0 saturated heterocycles. The maximum absolute atomic E-state index is 9.77. The van der Waals surface area contributed by atoms with Gasteiger partial charge in [0.15, 0.2) is 11.5 Å². The van der Waals surface area contributed by atoms with Gasteiger partial charge >= 0.3 is 0 Å². The molecule has 5 heteroatoms. The van der Waals surface area contributed by atoms with E-state index in [1.807, 2.05) is 30.5 Å². The van der Waals surface area contributed by atoms with Crippen LogP contribution in [0.2, 0.25) is 0 Å². The monoisotopic (exact) mass is 469 g/mol. The molecule has 0 spiro atoms. The molecule has 1 heterocycles. The first kappa shape index (κ1) is 21.0. The molecule has 1 saturated carbocycles. The minimum Gasteiger partial charge on any atom is -0.493 e. The maximum Gasteiger partial charge on any atom is 0.161 e. The minimum atomic E-state index is -0.585. The largest absolute Gasteiger partial charge is 0.493 e. The molecule has 158 valence electrons. The quantitative estimate of drug-likeness (QED) is 0.565. The van der Waals surface area contributed by atoms with Gasteiger partial charge in [0, 0.05) is 11.1 Å². The normalized spacial score (nSPS) is 21.2. The molecule has 2 N–H and O–H groups in total. The zero-order valence-corrected chi connectivity index (χ0v) is 18.8. The Morgan fingerprint density at radius 1 is 1.07 bits per heavy atom. The molecule has 2 aromatic carbocycles. The van der Waals surface area contributed by atoms with Gasteiger partial charge in [-0.25, -0.2) is 0 Å². The molecule has 1 aliphatic heterocycles. The predicted octanol–water partition coefficient (Wildman–Crippen LogP) is 5.45. The number of nitrogens with one attached hydrogen (secondary N) is 1. The van der Waals surface area contributed by atoms with Gasteiger partial charge in [-0.1, -0.05) is 40.2 Å². The summed E-state index contributed by atoms with van der Waals surface area (Å²) in [6, 6.07) is 14.5. The van der Waals surface area contributed by atoms with Crippen LogP contribution in [0.3, 0.4) is 0 Å². The highest BCUT2D eigenvalue weighted by molar-refractivity contribution is 9.10. The van der Waals surface area contributed by atoms with Crippen molar-refractivity contribution in [2.45, 2.75) is 43.7 Å². The topological polar surface area (TPSA) is 50.7 Å². The third kappa shape index (κ3) is 4.01. The van der Waals surface area contributed by atoms with Crippen molar-refractivity contribution in [1.82, 2.24) is 5.32 Å². The maximum atomic E-state index is 9.77. The summed E-state index contributed by atoms with van der Waals surface area (Å²) in [6.45, 7) is 0.0845. The van der Waals surface area contributed by atoms with Crippen LogP contribution in [0.1, 0.15) is 43.2 Å². The number of aliphatic hydroxyl groups is 1. The number of hydrogen-bond donors (Lipinski definition) is 2. The first-order valence-corrected chi connectivity index (χ1v) is 11.3. The van der Waals surface area contributed by atoms with Crippen LogP contribution in [0, 0.1) is 0 Å². The van der Waals surface area contributed by atoms with Crippen LogP contribution in [-0.2, 0) is 5.54 Å². The molecule has 2 aromatic rings. The number of methoxy groups -OCH3 is 1. The lowest BCUT2D eigenvalue weighted by Gasteiger charge is -2.40. The molecule has 4 nitrogen and oxygen atoms in total. The van der Waals surface area contributed by atoms with E-state index in [1.54, 1.807) is 7.11 Å². The molecule has 1 aliphatic carbocycles. The molecular weight excluding hydrogens is 442 g/mol. The highest BCUT2D eigenvalue weighted by Crippen LogP contribution is 2.43. The summed E-state index contributed by atoms with van der Waals surface area (Å²) < 4.78 is 13.0. The summed E-state index contributed by atoms with van der Waals surface area (Å²) in [5.41, 5.74) is 2.68. The van der Waals surface area contributed by atoms with E-state index in [0.29, 0.717) is 6.42 Å². The van der Waals surface area contributed by atoms with Crippen LogP contribution < -0.4 is 14.8 Å². The number of halogens is 1. The fraction of sp³-hybridized carbons (Fsp3) is 0.360. The summed E-state index contributed by atoms with van der Waals surface area (Å²) in [4.78, 5) is 0. The molecule has 30 heavy (non-hydrogen) atoms. The van der Waals surface area contributed by atoms with E-state index in [0.717, 1.165) is 45.5 Å². The van der Waals surface area contributed by atoms with Crippen molar-refractivity contribution in [3.63, 3.8) is 0 Å². The molecule has 1 atom stereocenters. The van der Waals surface area contributed by atoms with Gasteiger partial charge in [0.1, 0.15) is 5.54 Å². The van der Waals surface area contributed by atoms with E-state index in [2.05, 4.69) is 51.6 Å². The van der Waals surface area contributed by atoms with Gasteiger partial charge in [-0.15, -0.1) is 0 Å². The van der Waals surface area contributed by atoms with Gasteiger partial charge in [-0.2, -0.15) is 0 Å². The van der Waals surface area contributed by atoms with E-state index in [4.69, 9.17) is 9.47 Å². The zero-order chi connectivity index (χ0) is 21.0. The fourth-order valence-corrected chi connectivity index (χ4v) is 4.80. The number of allylic oxidation sites excluding steroid dienone is 2. The van der Waals surface area contributed by atoms with Crippen LogP contribution in [0.4, 0.5) is 0 Å². The Kier molecular flexibility index (Phi) is 6.49. The molecule has 0 radical (unpaired) electrons. The van der Waals surface area contributed by atoms with Gasteiger partial charge in [-0.05, 0) is 85.3 Å². The third-order valence-electron chi connectivity index (χ3n) is 6.03. The lowest BCUT2D eigenvalue weighted by molar-refractivity contribution is 0.200. The van der Waals surface area contributed by atoms with E-state index >= 15 is 0 Å². The van der Waals surface area contributed by atoms with E-state index in [9.17, 15) is 5.11 Å². The van der Waals surface area contributed by atoms with E-state index in [-0.39, 0.29) is 12.7 Å². The van der Waals surface area contributed by atoms with Crippen LogP contribution in [0.5, 0.6) is 11.5 Å². The lowest BCUT2D eigenvalue weighted by atomic mass is 9.74. The van der Waals surface area contributed by atoms with Crippen LogP contribution in [0.25, 0.3) is 0 Å². The summed E-state index contributed by atoms with van der Waals surface area (Å²) >= 11 is 3.54. The Hall–Kier alpha value is -2.24. The Bertz CT molecular complexity index is 932. The van der Waals surface area contributed by atoms with Crippen LogP contribution in [-0.4, -0.2) is 24.9 Å². The third-order valence-corrected chi connectivity index (χ3v) is 6.55. The number of benzene rings is 2. The average Bonchev–Trinajstić information content (AvgIpc) is 3.28. The van der Waals surface area contributed by atoms with Crippen molar-refractivity contribution in [1.29, 1.82) is 0 Å². The molecule has 1 fully saturated rings. The van der Waals surface area contributed by atoms with Gasteiger partial charge in [0.25, 0.3) is 0 Å². The second-order valence-electron chi connectivity index (χ2n) is 7.82. The second-order valence-corrected chi connectivity index (χ2v) is 8.73. The van der Waals surface area contributed by atoms with Crippen molar-refractivity contribution in [2.75, 3.05) is 13.7 Å². The first-order chi connectivity index (χ1) is 14.7. The number of rotatable bonds is 7. The Labute approximate surface area is 186 Å². The molecular formula is C25H28BrNO3. The Morgan fingerprint density at radius 2 is 1.80 bits per heavy atom. The summed E-state index contributed by atoms with van der Waals surface area (Å²) in [5.74, 6) is 1.52. The molecule has 0 bridgehead atoms. The van der Waals surface area contributed by atoms with E-state index < -0.39 is 5.54 Å². The predicted molar refractivity (Wildman–Crippen MR) is 123 cm³/mol. The van der Waals surface area contributed by atoms with Crippen molar-refractivity contribution in [3.05, 3.63) is 82.0 Å². The highest BCUT2D eigenvalue weighted by Gasteiger charge is 2.38. The number of hydrogen-bond acceptors (Lipinski definition) is 4. The Morgan fingerprint density at radius 3 is 2.50 bits per heavy atom. The van der Waals surface area contributed by atoms with Gasteiger partial charge in [0.05, 0.1) is 13.2 Å². The summed E-state index contributed by atoms with van der Waals surface area (Å²) in [6.07, 6.45) is 11.4. The van der Waals surface area contributed by atoms with Crippen molar-refractivity contribution >= 4 is 15.9 Å². The SMILES string of the molecule is COc1ccc(C2(c3ccc(Br)cc3)NC=CC=C2CCO)cc1OC1CCCC1. The van der Waals surface area contributed by atoms with Gasteiger partial charge in [-0.3, -0.25) is 0 Å². The number of ether oxygens (including phenoxy) is 2. The standard InChI is InChI=1S/C25H28BrNO3/c1-29-23-13-10-20(17-24(23)30-22-6-2-3-7-22)25(19-8-11-21(26)12-9-19)18(14-16-28)5-4-15-27-25/h4-5,8-13,15,17,22,27-28H,2-3,6-7,14,16H2,1H3. The fourth-order valence-electron chi connectivity index (χ4n) is 4.54. The number of aliphatic hydroxyl groups excluding tert-OH is 1. The Balaban J connectivity index is 1.84. The first-order valence-electron chi connectivity index (χ1n) is 10.5. The van der Waals surface area contributed by atoms with Gasteiger partial charge < -0.3 is 19.9 Å². The molecule has 0 aromatic heterocycles. The molecule has 2 aliphatic rings. The minimum absolute atomic E-state index is 0.0845. The van der Waals surface area contributed by atoms with Crippen LogP contribution in [0.15, 0.2) is 70.9 Å². The summed E-state index contributed by atoms with van der Waals surface area (Å²) in [7, 11) is 1.68. The smallest absolute Gasteiger partial charge is 0.161 e. The zero-order valence-electron chi connectivity index (χ0n) is 17.2. The number of dihydropyridines is 1. The van der Waals surface area contributed by atoms with Crippen molar-refractivity contribution in [2.24, 2.45) is 0 Å². The van der Waals surface area contributed by atoms with Gasteiger partial charge in [0.2, 0.25) is 0 Å². The lowest BCUT2D eigenvalue weighted by Crippen LogP contribution is -2.44. The summed E-state index contributed by atoms with van der Waals surface area (Å²) in [5, 5.41) is 13.4. The molecule has 4 rings (SSSR count). The van der Waals surface area contributed by atoms with Crippen LogP contribution >= 0.6 is 15.9 Å². The van der Waals surface area contributed by atoms with Crippen molar-refractivity contribution < 1.29 is 14.6 Å². The molecule has 1 unspecified atom stereocenters. The second kappa shape index (κ2) is 9.27.